The third-order valence-corrected chi connectivity index (χ3v) is 4.01. The summed E-state index contributed by atoms with van der Waals surface area (Å²) < 4.78 is 14.3. The topological polar surface area (TPSA) is 20.5 Å². The van der Waals surface area contributed by atoms with Gasteiger partial charge in [0.15, 0.2) is 0 Å². The first kappa shape index (κ1) is 13.9. The number of hydrogen-bond acceptors (Lipinski definition) is 3. The van der Waals surface area contributed by atoms with Gasteiger partial charge in [0.1, 0.15) is 11.7 Å². The maximum absolute atomic E-state index is 12.4. The van der Waals surface area contributed by atoms with Crippen LogP contribution >= 0.6 is 11.8 Å². The summed E-state index contributed by atoms with van der Waals surface area (Å²) in [4.78, 5) is 7.57. The Morgan fingerprint density at radius 2 is 1.86 bits per heavy atom. The number of anilines is 1. The molecule has 3 nitrogen and oxygen atoms in total. The summed E-state index contributed by atoms with van der Waals surface area (Å²) >= 11 is 1.18. The van der Waals surface area contributed by atoms with E-state index in [1.165, 1.54) is 11.8 Å². The highest BCUT2D eigenvalue weighted by Gasteiger charge is 2.06. The molecule has 0 atom stereocenters. The summed E-state index contributed by atoms with van der Waals surface area (Å²) in [7, 11) is 4.04. The van der Waals surface area contributed by atoms with Gasteiger partial charge in [0.25, 0.3) is 0 Å². The van der Waals surface area contributed by atoms with Crippen molar-refractivity contribution in [2.45, 2.75) is 4.90 Å². The largest absolute Gasteiger partial charge is 0.378 e. The molecule has 21 heavy (non-hydrogen) atoms. The molecule has 0 saturated heterocycles. The van der Waals surface area contributed by atoms with Gasteiger partial charge in [-0.3, -0.25) is 0 Å². The molecule has 0 aliphatic carbocycles. The van der Waals surface area contributed by atoms with Gasteiger partial charge in [-0.2, -0.15) is 0 Å². The zero-order valence-electron chi connectivity index (χ0n) is 12.0. The first-order valence-electron chi connectivity index (χ1n) is 6.62. The van der Waals surface area contributed by atoms with Crippen LogP contribution in [0.25, 0.3) is 16.9 Å². The fourth-order valence-electron chi connectivity index (χ4n) is 2.19. The van der Waals surface area contributed by atoms with Crippen LogP contribution < -0.4 is 4.90 Å². The summed E-state index contributed by atoms with van der Waals surface area (Å²) in [5.41, 5.74) is 4.01. The lowest BCUT2D eigenvalue weighted by Gasteiger charge is -2.12. The highest BCUT2D eigenvalue weighted by Crippen LogP contribution is 2.24. The van der Waals surface area contributed by atoms with E-state index in [0.717, 1.165) is 27.5 Å². The standard InChI is InChI=1S/C16H16FN3S/c1-19(2)13-5-3-12(4-6-13)15-10-20-9-14(21-11-17)7-8-16(20)18-15/h3-10H,11H2,1-2H3/i17-1. The number of aromatic nitrogens is 2. The van der Waals surface area contributed by atoms with Crippen molar-refractivity contribution in [2.24, 2.45) is 0 Å². The average molecular weight is 300 g/mol. The predicted molar refractivity (Wildman–Crippen MR) is 86.8 cm³/mol. The Labute approximate surface area is 127 Å². The van der Waals surface area contributed by atoms with E-state index >= 15 is 0 Å². The number of hydrogen-bond donors (Lipinski definition) is 0. The van der Waals surface area contributed by atoms with Crippen LogP contribution in [-0.4, -0.2) is 29.5 Å². The number of halogens is 1. The zero-order chi connectivity index (χ0) is 14.8. The molecule has 5 heteroatoms. The molecule has 1 aromatic carbocycles. The molecule has 3 rings (SSSR count). The highest BCUT2D eigenvalue weighted by atomic mass is 32.2. The number of imidazole rings is 1. The SMILES string of the molecule is CN(C)c1ccc(-c2cn3cc(SC[18F])ccc3n2)cc1. The summed E-state index contributed by atoms with van der Waals surface area (Å²) in [6, 6.07) is 11.7. The van der Waals surface area contributed by atoms with Crippen molar-refractivity contribution >= 4 is 23.1 Å². The molecule has 3 aromatic rings. The van der Waals surface area contributed by atoms with Gasteiger partial charge in [-0.05, 0) is 24.3 Å². The van der Waals surface area contributed by atoms with Crippen molar-refractivity contribution in [3.8, 4) is 11.3 Å². The third-order valence-electron chi connectivity index (χ3n) is 3.32. The number of benzene rings is 1. The lowest BCUT2D eigenvalue weighted by molar-refractivity contribution is 0.605. The lowest BCUT2D eigenvalue weighted by atomic mass is 10.1. The van der Waals surface area contributed by atoms with Crippen molar-refractivity contribution in [3.05, 3.63) is 48.8 Å². The molecule has 0 bridgehead atoms. The van der Waals surface area contributed by atoms with Crippen LogP contribution in [0.2, 0.25) is 0 Å². The summed E-state index contributed by atoms with van der Waals surface area (Å²) in [6.45, 7) is 0. The Morgan fingerprint density at radius 3 is 2.52 bits per heavy atom. The molecule has 108 valence electrons. The van der Waals surface area contributed by atoms with Gasteiger partial charge >= 0.3 is 0 Å². The Bertz CT molecular complexity index is 750. The van der Waals surface area contributed by atoms with E-state index in [1.54, 1.807) is 0 Å². The van der Waals surface area contributed by atoms with Crippen molar-refractivity contribution in [3.63, 3.8) is 0 Å². The minimum absolute atomic E-state index is 0.418. The molecule has 0 saturated carbocycles. The Hall–Kier alpha value is -2.01. The smallest absolute Gasteiger partial charge is 0.139 e. The van der Waals surface area contributed by atoms with Gasteiger partial charge < -0.3 is 9.30 Å². The molecule has 0 aliphatic rings. The zero-order valence-corrected chi connectivity index (χ0v) is 12.8. The number of alkyl halides is 1. The second-order valence-corrected chi connectivity index (χ2v) is 5.93. The summed E-state index contributed by atoms with van der Waals surface area (Å²) in [6.07, 6.45) is 3.88. The molecule has 0 amide bonds. The minimum Gasteiger partial charge on any atom is -0.378 e. The maximum Gasteiger partial charge on any atom is 0.139 e. The lowest BCUT2D eigenvalue weighted by Crippen LogP contribution is -2.07. The predicted octanol–water partition coefficient (Wildman–Crippen LogP) is 4.09. The third kappa shape index (κ3) is 2.88. The van der Waals surface area contributed by atoms with Gasteiger partial charge in [-0.15, -0.1) is 0 Å². The molecule has 0 N–H and O–H groups in total. The van der Waals surface area contributed by atoms with Crippen LogP contribution in [0.5, 0.6) is 0 Å². The van der Waals surface area contributed by atoms with Crippen molar-refractivity contribution in [1.82, 2.24) is 9.38 Å². The van der Waals surface area contributed by atoms with Crippen molar-refractivity contribution in [2.75, 3.05) is 25.0 Å². The van der Waals surface area contributed by atoms with Crippen molar-refractivity contribution in [1.29, 1.82) is 0 Å². The number of nitrogens with zero attached hydrogens (tertiary/aromatic N) is 3. The maximum atomic E-state index is 12.4. The van der Waals surface area contributed by atoms with Crippen LogP contribution in [0, 0.1) is 0 Å². The Morgan fingerprint density at radius 1 is 1.10 bits per heavy atom. The van der Waals surface area contributed by atoms with Gasteiger partial charge in [0, 0.05) is 42.6 Å². The molecule has 0 spiro atoms. The van der Waals surface area contributed by atoms with Gasteiger partial charge in [-0.1, -0.05) is 23.9 Å². The monoisotopic (exact) mass is 300 g/mol. The van der Waals surface area contributed by atoms with E-state index in [1.807, 2.05) is 43.0 Å². The van der Waals surface area contributed by atoms with Crippen LogP contribution in [0.3, 0.4) is 0 Å². The van der Waals surface area contributed by atoms with E-state index in [0.29, 0.717) is 0 Å². The van der Waals surface area contributed by atoms with Crippen LogP contribution in [-0.2, 0) is 0 Å². The highest BCUT2D eigenvalue weighted by molar-refractivity contribution is 7.99. The second kappa shape index (κ2) is 5.77. The van der Waals surface area contributed by atoms with E-state index in [9.17, 15) is 4.39 Å². The van der Waals surface area contributed by atoms with Crippen LogP contribution in [0.4, 0.5) is 10.1 Å². The average Bonchev–Trinajstić information content (AvgIpc) is 2.91. The molecule has 2 heterocycles. The number of pyridine rings is 1. The van der Waals surface area contributed by atoms with Crippen LogP contribution in [0.1, 0.15) is 0 Å². The number of fused-ring (bicyclic) bond motifs is 1. The normalized spacial score (nSPS) is 11.0. The molecule has 0 aliphatic heterocycles. The summed E-state index contributed by atoms with van der Waals surface area (Å²) in [5.74, 6) is 0. The molecular weight excluding hydrogens is 284 g/mol. The first-order valence-corrected chi connectivity index (χ1v) is 7.61. The van der Waals surface area contributed by atoms with E-state index < -0.39 is 6.01 Å². The molecule has 0 fully saturated rings. The minimum atomic E-state index is -0.418. The number of rotatable bonds is 4. The van der Waals surface area contributed by atoms with E-state index in [2.05, 4.69) is 34.1 Å². The van der Waals surface area contributed by atoms with Gasteiger partial charge in [-0.25, -0.2) is 9.37 Å². The second-order valence-electron chi connectivity index (χ2n) is 4.95. The number of thioether (sulfide) groups is 1. The molecule has 0 radical (unpaired) electrons. The van der Waals surface area contributed by atoms with Gasteiger partial charge in [0.2, 0.25) is 0 Å². The molecular formula is C16H16FN3S. The van der Waals surface area contributed by atoms with E-state index in [-0.39, 0.29) is 0 Å². The summed E-state index contributed by atoms with van der Waals surface area (Å²) in [5, 5.41) is 0. The Kier molecular flexibility index (Phi) is 3.84. The Balaban J connectivity index is 1.96. The van der Waals surface area contributed by atoms with Crippen molar-refractivity contribution < 1.29 is 4.39 Å². The molecule has 2 aromatic heterocycles. The molecule has 0 unspecified atom stereocenters. The quantitative estimate of drug-likeness (QED) is 0.677. The van der Waals surface area contributed by atoms with E-state index in [4.69, 9.17) is 0 Å². The first-order chi connectivity index (χ1) is 10.2. The fraction of sp³-hybridized carbons (Fsp3) is 0.188. The van der Waals surface area contributed by atoms with Crippen LogP contribution in [0.15, 0.2) is 53.7 Å². The fourth-order valence-corrected chi connectivity index (χ4v) is 2.67. The van der Waals surface area contributed by atoms with Gasteiger partial charge in [0.05, 0.1) is 5.69 Å².